The molecule has 0 aromatic heterocycles. The SMILES string of the molecule is CC(F)COc1ccc(OCC(F)(F)F)c(C(=O)OCCl)c1. The Morgan fingerprint density at radius 2 is 2.00 bits per heavy atom. The predicted octanol–water partition coefficient (Wildman–Crippen LogP) is 3.72. The minimum absolute atomic E-state index is 0.0883. The van der Waals surface area contributed by atoms with Crippen molar-refractivity contribution in [1.29, 1.82) is 0 Å². The molecule has 9 heteroatoms. The van der Waals surface area contributed by atoms with E-state index in [1.54, 1.807) is 0 Å². The first kappa shape index (κ1) is 18.3. The Hall–Kier alpha value is -1.70. The van der Waals surface area contributed by atoms with Crippen LogP contribution in [-0.2, 0) is 4.74 Å². The summed E-state index contributed by atoms with van der Waals surface area (Å²) in [6, 6.07) is 2.98. The minimum Gasteiger partial charge on any atom is -0.491 e. The molecule has 0 aliphatic carbocycles. The predicted molar refractivity (Wildman–Crippen MR) is 70.2 cm³/mol. The number of carbonyl (C=O) groups is 1. The molecule has 1 aromatic rings. The van der Waals surface area contributed by atoms with E-state index >= 15 is 0 Å². The van der Waals surface area contributed by atoms with Crippen molar-refractivity contribution in [3.8, 4) is 11.5 Å². The molecular weight excluding hydrogens is 332 g/mol. The summed E-state index contributed by atoms with van der Waals surface area (Å²) in [5.74, 6) is -1.23. The fourth-order valence-electron chi connectivity index (χ4n) is 1.38. The largest absolute Gasteiger partial charge is 0.491 e. The van der Waals surface area contributed by atoms with Gasteiger partial charge in [0.15, 0.2) is 12.7 Å². The van der Waals surface area contributed by atoms with Crippen molar-refractivity contribution in [3.05, 3.63) is 23.8 Å². The van der Waals surface area contributed by atoms with Crippen molar-refractivity contribution in [1.82, 2.24) is 0 Å². The van der Waals surface area contributed by atoms with Gasteiger partial charge < -0.3 is 14.2 Å². The van der Waals surface area contributed by atoms with Gasteiger partial charge in [0.1, 0.15) is 29.8 Å². The zero-order chi connectivity index (χ0) is 16.8. The van der Waals surface area contributed by atoms with E-state index in [0.717, 1.165) is 12.1 Å². The Kier molecular flexibility index (Phi) is 6.73. The molecule has 4 nitrogen and oxygen atoms in total. The maximum atomic E-state index is 12.7. The number of carbonyl (C=O) groups excluding carboxylic acids is 1. The molecule has 0 spiro atoms. The lowest BCUT2D eigenvalue weighted by molar-refractivity contribution is -0.153. The van der Waals surface area contributed by atoms with Gasteiger partial charge in [-0.25, -0.2) is 9.18 Å². The normalized spacial score (nSPS) is 12.6. The molecule has 0 fully saturated rings. The smallest absolute Gasteiger partial charge is 0.422 e. The maximum absolute atomic E-state index is 12.7. The van der Waals surface area contributed by atoms with Crippen LogP contribution in [0.25, 0.3) is 0 Å². The highest BCUT2D eigenvalue weighted by atomic mass is 35.5. The van der Waals surface area contributed by atoms with E-state index in [4.69, 9.17) is 16.3 Å². The van der Waals surface area contributed by atoms with Crippen LogP contribution in [-0.4, -0.2) is 37.6 Å². The van der Waals surface area contributed by atoms with E-state index < -0.39 is 31.0 Å². The molecular formula is C13H13ClF4O4. The van der Waals surface area contributed by atoms with Gasteiger partial charge in [0.2, 0.25) is 0 Å². The number of alkyl halides is 5. The summed E-state index contributed by atoms with van der Waals surface area (Å²) < 4.78 is 63.4. The Balaban J connectivity index is 2.96. The van der Waals surface area contributed by atoms with Gasteiger partial charge in [0.05, 0.1) is 0 Å². The van der Waals surface area contributed by atoms with Crippen LogP contribution in [0.4, 0.5) is 17.6 Å². The second-order valence-corrected chi connectivity index (χ2v) is 4.41. The van der Waals surface area contributed by atoms with Crippen LogP contribution in [0.15, 0.2) is 18.2 Å². The molecule has 22 heavy (non-hydrogen) atoms. The highest BCUT2D eigenvalue weighted by Crippen LogP contribution is 2.27. The molecule has 0 aliphatic heterocycles. The van der Waals surface area contributed by atoms with Gasteiger partial charge in [-0.3, -0.25) is 0 Å². The van der Waals surface area contributed by atoms with Crippen LogP contribution in [0.3, 0.4) is 0 Å². The third-order valence-corrected chi connectivity index (χ3v) is 2.34. The average Bonchev–Trinajstić information content (AvgIpc) is 2.42. The highest BCUT2D eigenvalue weighted by molar-refractivity contribution is 6.17. The monoisotopic (exact) mass is 344 g/mol. The van der Waals surface area contributed by atoms with Crippen LogP contribution in [0.2, 0.25) is 0 Å². The minimum atomic E-state index is -4.56. The lowest BCUT2D eigenvalue weighted by Gasteiger charge is -2.14. The van der Waals surface area contributed by atoms with Crippen molar-refractivity contribution in [2.24, 2.45) is 0 Å². The fraction of sp³-hybridized carbons (Fsp3) is 0.462. The van der Waals surface area contributed by atoms with Gasteiger partial charge >= 0.3 is 12.1 Å². The Morgan fingerprint density at radius 1 is 1.32 bits per heavy atom. The summed E-state index contributed by atoms with van der Waals surface area (Å²) >= 11 is 5.25. The molecule has 0 N–H and O–H groups in total. The van der Waals surface area contributed by atoms with E-state index in [-0.39, 0.29) is 23.7 Å². The number of esters is 1. The summed E-state index contributed by atoms with van der Waals surface area (Å²) in [6.45, 7) is -0.577. The molecule has 0 amide bonds. The first-order chi connectivity index (χ1) is 10.2. The van der Waals surface area contributed by atoms with E-state index in [1.165, 1.54) is 13.0 Å². The Morgan fingerprint density at radius 3 is 2.55 bits per heavy atom. The van der Waals surface area contributed by atoms with Crippen LogP contribution < -0.4 is 9.47 Å². The molecule has 0 radical (unpaired) electrons. The average molecular weight is 345 g/mol. The number of benzene rings is 1. The number of halogens is 5. The number of hydrogen-bond donors (Lipinski definition) is 0. The molecule has 0 bridgehead atoms. The topological polar surface area (TPSA) is 44.8 Å². The molecule has 1 aromatic carbocycles. The second kappa shape index (κ2) is 8.07. The van der Waals surface area contributed by atoms with Gasteiger partial charge in [-0.2, -0.15) is 13.2 Å². The lowest BCUT2D eigenvalue weighted by Crippen LogP contribution is -2.20. The zero-order valence-corrected chi connectivity index (χ0v) is 12.2. The number of ether oxygens (including phenoxy) is 3. The standard InChI is InChI=1S/C13H13ClF4O4/c1-8(15)5-20-9-2-3-11(21-6-13(16,17)18)10(4-9)12(19)22-7-14/h2-4,8H,5-7H2,1H3. The molecule has 1 rings (SSSR count). The molecule has 0 aliphatic rings. The Bertz CT molecular complexity index is 505. The van der Waals surface area contributed by atoms with E-state index in [0.29, 0.717) is 0 Å². The summed E-state index contributed by atoms with van der Waals surface area (Å²) in [4.78, 5) is 11.7. The summed E-state index contributed by atoms with van der Waals surface area (Å²) in [5, 5.41) is 0. The lowest BCUT2D eigenvalue weighted by atomic mass is 10.2. The molecule has 124 valence electrons. The van der Waals surface area contributed by atoms with Gasteiger partial charge in [-0.1, -0.05) is 11.6 Å². The Labute approximate surface area is 128 Å². The van der Waals surface area contributed by atoms with Crippen LogP contribution >= 0.6 is 11.6 Å². The molecule has 0 saturated heterocycles. The van der Waals surface area contributed by atoms with Crippen LogP contribution in [0.5, 0.6) is 11.5 Å². The molecule has 0 saturated carbocycles. The van der Waals surface area contributed by atoms with E-state index in [1.807, 2.05) is 0 Å². The zero-order valence-electron chi connectivity index (χ0n) is 11.5. The van der Waals surface area contributed by atoms with Gasteiger partial charge in [-0.15, -0.1) is 0 Å². The number of hydrogen-bond acceptors (Lipinski definition) is 4. The maximum Gasteiger partial charge on any atom is 0.422 e. The fourth-order valence-corrected chi connectivity index (χ4v) is 1.48. The summed E-state index contributed by atoms with van der Waals surface area (Å²) in [6.07, 6.45) is -5.81. The first-order valence-corrected chi connectivity index (χ1v) is 6.60. The quantitative estimate of drug-likeness (QED) is 0.429. The third-order valence-electron chi connectivity index (χ3n) is 2.23. The molecule has 1 unspecified atom stereocenters. The van der Waals surface area contributed by atoms with Crippen molar-refractivity contribution in [2.45, 2.75) is 19.3 Å². The van der Waals surface area contributed by atoms with E-state index in [9.17, 15) is 22.4 Å². The number of rotatable bonds is 7. The van der Waals surface area contributed by atoms with Gasteiger partial charge in [-0.05, 0) is 25.1 Å². The van der Waals surface area contributed by atoms with Gasteiger partial charge in [0.25, 0.3) is 0 Å². The van der Waals surface area contributed by atoms with Gasteiger partial charge in [0, 0.05) is 0 Å². The van der Waals surface area contributed by atoms with Crippen LogP contribution in [0.1, 0.15) is 17.3 Å². The van der Waals surface area contributed by atoms with Crippen molar-refractivity contribution in [3.63, 3.8) is 0 Å². The van der Waals surface area contributed by atoms with Crippen LogP contribution in [0, 0.1) is 0 Å². The summed E-state index contributed by atoms with van der Waals surface area (Å²) in [7, 11) is 0. The first-order valence-electron chi connectivity index (χ1n) is 6.06. The highest BCUT2D eigenvalue weighted by Gasteiger charge is 2.29. The van der Waals surface area contributed by atoms with Crippen molar-refractivity contribution in [2.75, 3.05) is 19.3 Å². The molecule has 0 heterocycles. The van der Waals surface area contributed by atoms with Crippen molar-refractivity contribution < 1.29 is 36.6 Å². The molecule has 1 atom stereocenters. The third kappa shape index (κ3) is 6.38. The summed E-state index contributed by atoms with van der Waals surface area (Å²) in [5.41, 5.74) is -0.297. The van der Waals surface area contributed by atoms with Crippen molar-refractivity contribution >= 4 is 17.6 Å². The second-order valence-electron chi connectivity index (χ2n) is 4.19. The van der Waals surface area contributed by atoms with E-state index in [2.05, 4.69) is 9.47 Å².